The Morgan fingerprint density at radius 2 is 1.80 bits per heavy atom. The summed E-state index contributed by atoms with van der Waals surface area (Å²) in [6.07, 6.45) is 0. The number of nitrogens with one attached hydrogen (secondary N) is 1. The number of likely N-dealkylation sites (N-methyl/N-ethyl adjacent to an activating group) is 1. The Bertz CT molecular complexity index is 781. The molecule has 25 heavy (non-hydrogen) atoms. The van der Waals surface area contributed by atoms with Gasteiger partial charge in [0.2, 0.25) is 5.95 Å². The minimum absolute atomic E-state index is 0.212. The molecule has 0 aliphatic carbocycles. The molecule has 0 radical (unpaired) electrons. The van der Waals surface area contributed by atoms with Gasteiger partial charge < -0.3 is 10.2 Å². The summed E-state index contributed by atoms with van der Waals surface area (Å²) in [4.78, 5) is 2.28. The van der Waals surface area contributed by atoms with E-state index in [1.165, 1.54) is 11.1 Å². The molecule has 3 aromatic rings. The van der Waals surface area contributed by atoms with Gasteiger partial charge in [0.15, 0.2) is 0 Å². The van der Waals surface area contributed by atoms with Crippen molar-refractivity contribution in [3.05, 3.63) is 65.7 Å². The SMILES string of the molecule is Cc1ccc(-n2nnnc2NC(C)CN(C)Cc2ccccc2)cc1. The number of aromatic nitrogens is 4. The van der Waals surface area contributed by atoms with E-state index in [-0.39, 0.29) is 6.04 Å². The molecule has 1 atom stereocenters. The van der Waals surface area contributed by atoms with E-state index >= 15 is 0 Å². The van der Waals surface area contributed by atoms with Crippen LogP contribution in [0.1, 0.15) is 18.1 Å². The highest BCUT2D eigenvalue weighted by Gasteiger charge is 2.13. The van der Waals surface area contributed by atoms with E-state index in [0.717, 1.165) is 18.8 Å². The lowest BCUT2D eigenvalue weighted by molar-refractivity contribution is 0.316. The molecule has 1 aromatic heterocycles. The van der Waals surface area contributed by atoms with Crippen LogP contribution in [-0.2, 0) is 6.54 Å². The lowest BCUT2D eigenvalue weighted by atomic mass is 10.2. The van der Waals surface area contributed by atoms with Crippen molar-refractivity contribution < 1.29 is 0 Å². The standard InChI is InChI=1S/C19H24N6/c1-15-9-11-18(12-10-15)25-19(21-22-23-25)20-16(2)13-24(3)14-17-7-5-4-6-8-17/h4-12,16H,13-14H2,1-3H3,(H,20,21,23). The average Bonchev–Trinajstić information content (AvgIpc) is 3.04. The maximum atomic E-state index is 4.12. The Labute approximate surface area is 148 Å². The summed E-state index contributed by atoms with van der Waals surface area (Å²) in [6.45, 7) is 5.99. The van der Waals surface area contributed by atoms with Gasteiger partial charge in [-0.3, -0.25) is 0 Å². The van der Waals surface area contributed by atoms with Crippen LogP contribution in [-0.4, -0.2) is 44.7 Å². The Hall–Kier alpha value is -2.73. The van der Waals surface area contributed by atoms with E-state index < -0.39 is 0 Å². The highest BCUT2D eigenvalue weighted by atomic mass is 15.6. The second-order valence-corrected chi connectivity index (χ2v) is 6.48. The predicted octanol–water partition coefficient (Wildman–Crippen LogP) is 2.90. The Kier molecular flexibility index (Phi) is 5.40. The highest BCUT2D eigenvalue weighted by Crippen LogP contribution is 2.13. The Morgan fingerprint density at radius 3 is 2.52 bits per heavy atom. The minimum Gasteiger partial charge on any atom is -0.349 e. The molecule has 0 aliphatic rings. The molecule has 0 spiro atoms. The molecule has 3 rings (SSSR count). The monoisotopic (exact) mass is 336 g/mol. The Balaban J connectivity index is 1.61. The summed E-state index contributed by atoms with van der Waals surface area (Å²) in [5.41, 5.74) is 3.46. The quantitative estimate of drug-likeness (QED) is 0.719. The smallest absolute Gasteiger partial charge is 0.248 e. The van der Waals surface area contributed by atoms with Gasteiger partial charge >= 0.3 is 0 Å². The zero-order valence-corrected chi connectivity index (χ0v) is 14.9. The molecule has 1 unspecified atom stereocenters. The number of hydrogen-bond donors (Lipinski definition) is 1. The van der Waals surface area contributed by atoms with Gasteiger partial charge in [-0.05, 0) is 49.0 Å². The fourth-order valence-corrected chi connectivity index (χ4v) is 2.83. The zero-order chi connectivity index (χ0) is 17.6. The Morgan fingerprint density at radius 1 is 1.08 bits per heavy atom. The van der Waals surface area contributed by atoms with Crippen LogP contribution in [0.4, 0.5) is 5.95 Å². The maximum Gasteiger partial charge on any atom is 0.248 e. The molecule has 2 aromatic carbocycles. The fourth-order valence-electron chi connectivity index (χ4n) is 2.83. The number of nitrogens with zero attached hydrogens (tertiary/aromatic N) is 5. The van der Waals surface area contributed by atoms with E-state index in [2.05, 4.69) is 83.0 Å². The van der Waals surface area contributed by atoms with Crippen LogP contribution in [0.5, 0.6) is 0 Å². The molecule has 0 fully saturated rings. The fraction of sp³-hybridized carbons (Fsp3) is 0.316. The lowest BCUT2D eigenvalue weighted by Crippen LogP contribution is -2.32. The molecular weight excluding hydrogens is 312 g/mol. The minimum atomic E-state index is 0.212. The number of hydrogen-bond acceptors (Lipinski definition) is 5. The number of anilines is 1. The van der Waals surface area contributed by atoms with Crippen LogP contribution < -0.4 is 5.32 Å². The lowest BCUT2D eigenvalue weighted by Gasteiger charge is -2.22. The first-order chi connectivity index (χ1) is 12.1. The molecule has 0 amide bonds. The molecule has 1 heterocycles. The normalized spacial score (nSPS) is 12.3. The van der Waals surface area contributed by atoms with E-state index in [9.17, 15) is 0 Å². The highest BCUT2D eigenvalue weighted by molar-refractivity contribution is 5.40. The number of benzene rings is 2. The first-order valence-corrected chi connectivity index (χ1v) is 8.46. The third-order valence-corrected chi connectivity index (χ3v) is 4.00. The van der Waals surface area contributed by atoms with Crippen LogP contribution in [0.25, 0.3) is 5.69 Å². The van der Waals surface area contributed by atoms with E-state index in [1.807, 2.05) is 18.2 Å². The van der Waals surface area contributed by atoms with Gasteiger partial charge in [-0.15, -0.1) is 0 Å². The molecule has 130 valence electrons. The van der Waals surface area contributed by atoms with Crippen molar-refractivity contribution in [1.29, 1.82) is 0 Å². The van der Waals surface area contributed by atoms with Crippen molar-refractivity contribution in [1.82, 2.24) is 25.1 Å². The summed E-state index contributed by atoms with van der Waals surface area (Å²) in [5.74, 6) is 0.657. The van der Waals surface area contributed by atoms with Gasteiger partial charge in [-0.1, -0.05) is 53.1 Å². The molecule has 6 nitrogen and oxygen atoms in total. The number of rotatable bonds is 7. The van der Waals surface area contributed by atoms with Crippen molar-refractivity contribution in [2.24, 2.45) is 0 Å². The summed E-state index contributed by atoms with van der Waals surface area (Å²) < 4.78 is 1.73. The first-order valence-electron chi connectivity index (χ1n) is 8.46. The van der Waals surface area contributed by atoms with Gasteiger partial charge in [0.05, 0.1) is 5.69 Å². The van der Waals surface area contributed by atoms with Crippen molar-refractivity contribution in [3.8, 4) is 5.69 Å². The first kappa shape index (κ1) is 17.1. The van der Waals surface area contributed by atoms with Crippen molar-refractivity contribution in [2.75, 3.05) is 18.9 Å². The second-order valence-electron chi connectivity index (χ2n) is 6.48. The summed E-state index contributed by atoms with van der Waals surface area (Å²) >= 11 is 0. The summed E-state index contributed by atoms with van der Waals surface area (Å²) in [7, 11) is 2.12. The van der Waals surface area contributed by atoms with Crippen molar-refractivity contribution >= 4 is 5.95 Å². The summed E-state index contributed by atoms with van der Waals surface area (Å²) in [5, 5.41) is 15.4. The third kappa shape index (κ3) is 4.64. The molecular formula is C19H24N6. The maximum absolute atomic E-state index is 4.12. The number of aryl methyl sites for hydroxylation is 1. The molecule has 0 bridgehead atoms. The topological polar surface area (TPSA) is 58.9 Å². The zero-order valence-electron chi connectivity index (χ0n) is 14.9. The summed E-state index contributed by atoms with van der Waals surface area (Å²) in [6, 6.07) is 18.8. The van der Waals surface area contributed by atoms with Gasteiger partial charge in [0, 0.05) is 19.1 Å². The second kappa shape index (κ2) is 7.90. The molecule has 0 saturated carbocycles. The average molecular weight is 336 g/mol. The van der Waals surface area contributed by atoms with Crippen LogP contribution >= 0.6 is 0 Å². The van der Waals surface area contributed by atoms with E-state index in [1.54, 1.807) is 4.68 Å². The van der Waals surface area contributed by atoms with Gasteiger partial charge in [0.1, 0.15) is 0 Å². The van der Waals surface area contributed by atoms with Gasteiger partial charge in [0.25, 0.3) is 0 Å². The molecule has 0 saturated heterocycles. The predicted molar refractivity (Wildman–Crippen MR) is 99.8 cm³/mol. The third-order valence-electron chi connectivity index (χ3n) is 4.00. The van der Waals surface area contributed by atoms with E-state index in [0.29, 0.717) is 5.95 Å². The number of tetrazole rings is 1. The molecule has 0 aliphatic heterocycles. The van der Waals surface area contributed by atoms with Gasteiger partial charge in [-0.2, -0.15) is 4.68 Å². The van der Waals surface area contributed by atoms with Crippen LogP contribution in [0.3, 0.4) is 0 Å². The van der Waals surface area contributed by atoms with Crippen molar-refractivity contribution in [2.45, 2.75) is 26.4 Å². The van der Waals surface area contributed by atoms with Crippen LogP contribution in [0.2, 0.25) is 0 Å². The molecule has 1 N–H and O–H groups in total. The van der Waals surface area contributed by atoms with Crippen LogP contribution in [0.15, 0.2) is 54.6 Å². The van der Waals surface area contributed by atoms with Crippen molar-refractivity contribution in [3.63, 3.8) is 0 Å². The van der Waals surface area contributed by atoms with Crippen LogP contribution in [0, 0.1) is 6.92 Å². The largest absolute Gasteiger partial charge is 0.349 e. The molecule has 6 heteroatoms. The van der Waals surface area contributed by atoms with Gasteiger partial charge in [-0.25, -0.2) is 0 Å². The van der Waals surface area contributed by atoms with E-state index in [4.69, 9.17) is 0 Å².